The lowest BCUT2D eigenvalue weighted by Gasteiger charge is -2.38. The standard InChI is InChI=1S/C17H22BrNO2/c1-2-5-15-6-3-4-11-19(15)16-9-8-14(18)12-13(16)7-10-17(20)21/h7-10,12,15H,2-6,11H2,1H3,(H,20,21)/b10-7+. The van der Waals surface area contributed by atoms with Crippen molar-refractivity contribution in [2.45, 2.75) is 45.1 Å². The van der Waals surface area contributed by atoms with Crippen LogP contribution in [0.1, 0.15) is 44.6 Å². The molecule has 1 atom stereocenters. The van der Waals surface area contributed by atoms with Gasteiger partial charge in [-0.25, -0.2) is 4.79 Å². The molecule has 0 spiro atoms. The lowest BCUT2D eigenvalue weighted by atomic mass is 9.96. The first-order valence-electron chi connectivity index (χ1n) is 7.59. The molecular formula is C17H22BrNO2. The molecule has 0 amide bonds. The lowest BCUT2D eigenvalue weighted by molar-refractivity contribution is -0.131. The van der Waals surface area contributed by atoms with Crippen molar-refractivity contribution in [3.63, 3.8) is 0 Å². The first-order chi connectivity index (χ1) is 10.1. The minimum Gasteiger partial charge on any atom is -0.478 e. The van der Waals surface area contributed by atoms with Crippen LogP contribution in [-0.2, 0) is 4.79 Å². The molecule has 4 heteroatoms. The summed E-state index contributed by atoms with van der Waals surface area (Å²) in [6, 6.07) is 6.69. The summed E-state index contributed by atoms with van der Waals surface area (Å²) in [7, 11) is 0. The topological polar surface area (TPSA) is 40.5 Å². The third-order valence-corrected chi connectivity index (χ3v) is 4.45. The first-order valence-corrected chi connectivity index (χ1v) is 8.38. The fourth-order valence-electron chi connectivity index (χ4n) is 3.03. The summed E-state index contributed by atoms with van der Waals surface area (Å²) in [6.45, 7) is 3.28. The van der Waals surface area contributed by atoms with Gasteiger partial charge in [0.05, 0.1) is 0 Å². The number of carboxylic acid groups (broad SMARTS) is 1. The van der Waals surface area contributed by atoms with Crippen molar-refractivity contribution >= 4 is 33.7 Å². The summed E-state index contributed by atoms with van der Waals surface area (Å²) in [5.74, 6) is -0.912. The second-order valence-electron chi connectivity index (χ2n) is 5.51. The van der Waals surface area contributed by atoms with E-state index in [0.29, 0.717) is 6.04 Å². The van der Waals surface area contributed by atoms with Gasteiger partial charge >= 0.3 is 5.97 Å². The number of benzene rings is 1. The number of rotatable bonds is 5. The van der Waals surface area contributed by atoms with Gasteiger partial charge in [0.25, 0.3) is 0 Å². The first kappa shape index (κ1) is 16.1. The van der Waals surface area contributed by atoms with Crippen molar-refractivity contribution in [3.8, 4) is 0 Å². The molecule has 0 saturated carbocycles. The number of halogens is 1. The highest BCUT2D eigenvalue weighted by molar-refractivity contribution is 9.10. The molecular weight excluding hydrogens is 330 g/mol. The van der Waals surface area contributed by atoms with E-state index >= 15 is 0 Å². The van der Waals surface area contributed by atoms with Gasteiger partial charge in [-0.2, -0.15) is 0 Å². The largest absolute Gasteiger partial charge is 0.478 e. The van der Waals surface area contributed by atoms with Gasteiger partial charge in [0.2, 0.25) is 0 Å². The van der Waals surface area contributed by atoms with Crippen molar-refractivity contribution in [1.82, 2.24) is 0 Å². The molecule has 2 rings (SSSR count). The maximum atomic E-state index is 10.8. The van der Waals surface area contributed by atoms with Crippen molar-refractivity contribution in [3.05, 3.63) is 34.3 Å². The second kappa shape index (κ2) is 7.64. The van der Waals surface area contributed by atoms with E-state index in [1.54, 1.807) is 6.08 Å². The molecule has 1 unspecified atom stereocenters. The third kappa shape index (κ3) is 4.34. The molecule has 1 aromatic rings. The fourth-order valence-corrected chi connectivity index (χ4v) is 3.41. The fraction of sp³-hybridized carbons (Fsp3) is 0.471. The van der Waals surface area contributed by atoms with Gasteiger partial charge in [-0.1, -0.05) is 29.3 Å². The van der Waals surface area contributed by atoms with Crippen molar-refractivity contribution in [2.24, 2.45) is 0 Å². The predicted octanol–water partition coefficient (Wildman–Crippen LogP) is 4.71. The predicted molar refractivity (Wildman–Crippen MR) is 90.7 cm³/mol. The summed E-state index contributed by atoms with van der Waals surface area (Å²) >= 11 is 3.47. The Bertz CT molecular complexity index is 526. The van der Waals surface area contributed by atoms with Gasteiger partial charge in [-0.3, -0.25) is 0 Å². The van der Waals surface area contributed by atoms with E-state index in [2.05, 4.69) is 33.8 Å². The lowest BCUT2D eigenvalue weighted by Crippen LogP contribution is -2.39. The van der Waals surface area contributed by atoms with Crippen LogP contribution in [0.3, 0.4) is 0 Å². The molecule has 1 fully saturated rings. The molecule has 3 nitrogen and oxygen atoms in total. The van der Waals surface area contributed by atoms with Crippen LogP contribution >= 0.6 is 15.9 Å². The Hall–Kier alpha value is -1.29. The Morgan fingerprint density at radius 2 is 2.29 bits per heavy atom. The summed E-state index contributed by atoms with van der Waals surface area (Å²) in [5.41, 5.74) is 2.11. The van der Waals surface area contributed by atoms with Crippen LogP contribution in [0.2, 0.25) is 0 Å². The smallest absolute Gasteiger partial charge is 0.328 e. The Kier molecular flexibility index (Phi) is 5.85. The van der Waals surface area contributed by atoms with E-state index in [-0.39, 0.29) is 0 Å². The summed E-state index contributed by atoms with van der Waals surface area (Å²) in [4.78, 5) is 13.3. The number of hydrogen-bond acceptors (Lipinski definition) is 2. The molecule has 21 heavy (non-hydrogen) atoms. The molecule has 0 aromatic heterocycles. The van der Waals surface area contributed by atoms with Crippen LogP contribution in [0.25, 0.3) is 6.08 Å². The molecule has 1 saturated heterocycles. The van der Waals surface area contributed by atoms with E-state index in [9.17, 15) is 4.79 Å². The zero-order chi connectivity index (χ0) is 15.2. The van der Waals surface area contributed by atoms with E-state index in [1.807, 2.05) is 12.1 Å². The number of carboxylic acids is 1. The van der Waals surface area contributed by atoms with Crippen LogP contribution in [0.5, 0.6) is 0 Å². The number of aliphatic carboxylic acids is 1. The maximum absolute atomic E-state index is 10.8. The Morgan fingerprint density at radius 1 is 1.48 bits per heavy atom. The van der Waals surface area contributed by atoms with Gasteiger partial charge in [-0.05, 0) is 55.5 Å². The molecule has 114 valence electrons. The summed E-state index contributed by atoms with van der Waals surface area (Å²) < 4.78 is 0.973. The van der Waals surface area contributed by atoms with Gasteiger partial charge in [0, 0.05) is 28.8 Å². The van der Waals surface area contributed by atoms with Crippen molar-refractivity contribution in [2.75, 3.05) is 11.4 Å². The van der Waals surface area contributed by atoms with E-state index in [1.165, 1.54) is 38.2 Å². The van der Waals surface area contributed by atoms with Crippen molar-refractivity contribution < 1.29 is 9.90 Å². The second-order valence-corrected chi connectivity index (χ2v) is 6.42. The molecule has 1 heterocycles. The van der Waals surface area contributed by atoms with E-state index in [4.69, 9.17) is 5.11 Å². The third-order valence-electron chi connectivity index (χ3n) is 3.95. The molecule has 0 bridgehead atoms. The molecule has 0 aliphatic carbocycles. The zero-order valence-electron chi connectivity index (χ0n) is 12.4. The molecule has 0 radical (unpaired) electrons. The number of nitrogens with zero attached hydrogens (tertiary/aromatic N) is 1. The number of piperidine rings is 1. The molecule has 1 aliphatic heterocycles. The van der Waals surface area contributed by atoms with Gasteiger partial charge in [0.1, 0.15) is 0 Å². The molecule has 1 aliphatic rings. The van der Waals surface area contributed by atoms with Crippen LogP contribution < -0.4 is 4.90 Å². The van der Waals surface area contributed by atoms with Crippen LogP contribution in [0.15, 0.2) is 28.7 Å². The average molecular weight is 352 g/mol. The highest BCUT2D eigenvalue weighted by atomic mass is 79.9. The normalized spacial score (nSPS) is 19.1. The van der Waals surface area contributed by atoms with E-state index < -0.39 is 5.97 Å². The van der Waals surface area contributed by atoms with Crippen LogP contribution in [0, 0.1) is 0 Å². The highest BCUT2D eigenvalue weighted by Gasteiger charge is 2.23. The number of carbonyl (C=O) groups is 1. The SMILES string of the molecule is CCCC1CCCCN1c1ccc(Br)cc1/C=C/C(=O)O. The van der Waals surface area contributed by atoms with Gasteiger partial charge < -0.3 is 10.0 Å². The van der Waals surface area contributed by atoms with Crippen LogP contribution in [0.4, 0.5) is 5.69 Å². The average Bonchev–Trinajstić information content (AvgIpc) is 2.46. The van der Waals surface area contributed by atoms with E-state index in [0.717, 1.165) is 22.3 Å². The Morgan fingerprint density at radius 3 is 3.00 bits per heavy atom. The summed E-state index contributed by atoms with van der Waals surface area (Å²) in [5, 5.41) is 8.87. The molecule has 1 aromatic carbocycles. The maximum Gasteiger partial charge on any atom is 0.328 e. The zero-order valence-corrected chi connectivity index (χ0v) is 14.0. The highest BCUT2D eigenvalue weighted by Crippen LogP contribution is 2.32. The number of anilines is 1. The summed E-state index contributed by atoms with van der Waals surface area (Å²) in [6.07, 6.45) is 9.00. The quantitative estimate of drug-likeness (QED) is 0.781. The van der Waals surface area contributed by atoms with Crippen molar-refractivity contribution in [1.29, 1.82) is 0 Å². The minimum atomic E-state index is -0.912. The Labute approximate surface area is 134 Å². The van der Waals surface area contributed by atoms with Crippen LogP contribution in [-0.4, -0.2) is 23.7 Å². The number of hydrogen-bond donors (Lipinski definition) is 1. The Balaban J connectivity index is 2.34. The molecule has 1 N–H and O–H groups in total. The monoisotopic (exact) mass is 351 g/mol. The van der Waals surface area contributed by atoms with Gasteiger partial charge in [-0.15, -0.1) is 0 Å². The minimum absolute atomic E-state index is 0.571. The van der Waals surface area contributed by atoms with Gasteiger partial charge in [0.15, 0.2) is 0 Å².